The first-order valence-electron chi connectivity index (χ1n) is 5.13. The van der Waals surface area contributed by atoms with E-state index in [9.17, 15) is 5.11 Å². The molecule has 1 aromatic rings. The molecule has 1 aromatic carbocycles. The minimum absolute atomic E-state index is 0.422. The number of halogens is 1. The van der Waals surface area contributed by atoms with Crippen molar-refractivity contribution in [3.8, 4) is 0 Å². The molecule has 2 heteroatoms. The van der Waals surface area contributed by atoms with Gasteiger partial charge in [-0.3, -0.25) is 0 Å². The number of hydrogen-bond donors (Lipinski definition) is 1. The fraction of sp³-hybridized carbons (Fsp3) is 0.500. The Bertz CT molecular complexity index is 342. The van der Waals surface area contributed by atoms with E-state index in [0.717, 1.165) is 30.7 Å². The Balaban J connectivity index is 2.25. The van der Waals surface area contributed by atoms with Gasteiger partial charge in [0.25, 0.3) is 0 Å². The van der Waals surface area contributed by atoms with E-state index in [1.54, 1.807) is 0 Å². The smallest absolute Gasteiger partial charge is 0.0690 e. The summed E-state index contributed by atoms with van der Waals surface area (Å²) < 4.78 is 0. The summed E-state index contributed by atoms with van der Waals surface area (Å²) in [6, 6.07) is 5.96. The molecule has 1 aliphatic rings. The quantitative estimate of drug-likeness (QED) is 0.814. The Hall–Kier alpha value is -0.530. The molecule has 0 amide bonds. The summed E-state index contributed by atoms with van der Waals surface area (Å²) in [5.41, 5.74) is 2.09. The van der Waals surface area contributed by atoms with E-state index in [2.05, 4.69) is 13.0 Å². The average molecular weight is 211 g/mol. The molecule has 0 radical (unpaired) electrons. The van der Waals surface area contributed by atoms with E-state index in [0.29, 0.717) is 0 Å². The van der Waals surface area contributed by atoms with Gasteiger partial charge < -0.3 is 5.11 Å². The number of benzene rings is 1. The maximum Gasteiger partial charge on any atom is 0.0690 e. The van der Waals surface area contributed by atoms with Crippen LogP contribution in [0, 0.1) is 0 Å². The molecule has 0 saturated heterocycles. The van der Waals surface area contributed by atoms with Gasteiger partial charge in [-0.1, -0.05) is 24.6 Å². The lowest BCUT2D eigenvalue weighted by Gasteiger charge is -2.12. The van der Waals surface area contributed by atoms with Gasteiger partial charge >= 0.3 is 0 Å². The topological polar surface area (TPSA) is 20.2 Å². The lowest BCUT2D eigenvalue weighted by molar-refractivity contribution is 0.150. The van der Waals surface area contributed by atoms with Crippen molar-refractivity contribution in [1.29, 1.82) is 0 Å². The molecule has 2 rings (SSSR count). The zero-order valence-corrected chi connectivity index (χ0v) is 9.14. The van der Waals surface area contributed by atoms with Crippen LogP contribution < -0.4 is 0 Å². The number of aryl methyl sites for hydroxylation is 1. The molecule has 1 nitrogen and oxygen atoms in total. The van der Waals surface area contributed by atoms with Crippen molar-refractivity contribution < 1.29 is 5.11 Å². The number of aliphatic hydroxyl groups is 1. The van der Waals surface area contributed by atoms with Crippen LogP contribution in [0.15, 0.2) is 18.2 Å². The normalized spacial score (nSPS) is 18.2. The Morgan fingerprint density at radius 1 is 1.36 bits per heavy atom. The van der Waals surface area contributed by atoms with E-state index in [1.165, 1.54) is 11.1 Å². The molecule has 1 aliphatic carbocycles. The SMILES string of the molecule is CCc1ccc(Cl)cc1CC1(O)CC1. The summed E-state index contributed by atoms with van der Waals surface area (Å²) in [6.45, 7) is 2.13. The third-order valence-electron chi connectivity index (χ3n) is 2.90. The molecule has 0 heterocycles. The highest BCUT2D eigenvalue weighted by atomic mass is 35.5. The van der Waals surface area contributed by atoms with Gasteiger partial charge in [0.1, 0.15) is 0 Å². The Kier molecular flexibility index (Phi) is 2.54. The predicted molar refractivity (Wildman–Crippen MR) is 58.7 cm³/mol. The second-order valence-electron chi connectivity index (χ2n) is 4.17. The highest BCUT2D eigenvalue weighted by Gasteiger charge is 2.40. The highest BCUT2D eigenvalue weighted by Crippen LogP contribution is 2.39. The molecular formula is C12H15ClO. The van der Waals surface area contributed by atoms with Gasteiger partial charge in [0.15, 0.2) is 0 Å². The standard InChI is InChI=1S/C12H15ClO/c1-2-9-3-4-11(13)7-10(9)8-12(14)5-6-12/h3-4,7,14H,2,5-6,8H2,1H3. The largest absolute Gasteiger partial charge is 0.390 e. The first kappa shape index (κ1) is 10.0. The molecule has 1 saturated carbocycles. The molecular weight excluding hydrogens is 196 g/mol. The molecule has 1 fully saturated rings. The van der Waals surface area contributed by atoms with Gasteiger partial charge in [-0.15, -0.1) is 0 Å². The minimum atomic E-state index is -0.422. The van der Waals surface area contributed by atoms with Crippen molar-refractivity contribution in [3.05, 3.63) is 34.3 Å². The van der Waals surface area contributed by atoms with Crippen molar-refractivity contribution >= 4 is 11.6 Å². The fourth-order valence-electron chi connectivity index (χ4n) is 1.78. The van der Waals surface area contributed by atoms with Crippen LogP contribution in [0.3, 0.4) is 0 Å². The monoisotopic (exact) mass is 210 g/mol. The zero-order chi connectivity index (χ0) is 10.2. The van der Waals surface area contributed by atoms with Gasteiger partial charge in [0.2, 0.25) is 0 Å². The van der Waals surface area contributed by atoms with Crippen LogP contribution in [0.5, 0.6) is 0 Å². The van der Waals surface area contributed by atoms with Crippen LogP contribution >= 0.6 is 11.6 Å². The Labute approximate surface area is 89.7 Å². The van der Waals surface area contributed by atoms with Crippen molar-refractivity contribution in [2.75, 3.05) is 0 Å². The molecule has 0 bridgehead atoms. The van der Waals surface area contributed by atoms with Crippen LogP contribution in [-0.4, -0.2) is 10.7 Å². The van der Waals surface area contributed by atoms with E-state index in [1.807, 2.05) is 12.1 Å². The van der Waals surface area contributed by atoms with Gasteiger partial charge in [0.05, 0.1) is 5.60 Å². The van der Waals surface area contributed by atoms with E-state index >= 15 is 0 Å². The Morgan fingerprint density at radius 3 is 2.64 bits per heavy atom. The van der Waals surface area contributed by atoms with Crippen molar-refractivity contribution in [2.24, 2.45) is 0 Å². The average Bonchev–Trinajstić information content (AvgIpc) is 2.84. The summed E-state index contributed by atoms with van der Waals surface area (Å²) in [4.78, 5) is 0. The highest BCUT2D eigenvalue weighted by molar-refractivity contribution is 6.30. The van der Waals surface area contributed by atoms with Crippen LogP contribution in [0.1, 0.15) is 30.9 Å². The van der Waals surface area contributed by atoms with Crippen molar-refractivity contribution in [3.63, 3.8) is 0 Å². The van der Waals surface area contributed by atoms with Crippen molar-refractivity contribution in [1.82, 2.24) is 0 Å². The Morgan fingerprint density at radius 2 is 2.07 bits per heavy atom. The predicted octanol–water partition coefficient (Wildman–Crippen LogP) is 2.97. The molecule has 76 valence electrons. The van der Waals surface area contributed by atoms with Crippen LogP contribution in [-0.2, 0) is 12.8 Å². The number of rotatable bonds is 3. The molecule has 0 aliphatic heterocycles. The van der Waals surface area contributed by atoms with Crippen LogP contribution in [0.2, 0.25) is 5.02 Å². The molecule has 0 unspecified atom stereocenters. The summed E-state index contributed by atoms with van der Waals surface area (Å²) in [5, 5.41) is 10.6. The molecule has 0 spiro atoms. The number of hydrogen-bond acceptors (Lipinski definition) is 1. The first-order valence-corrected chi connectivity index (χ1v) is 5.50. The lowest BCUT2D eigenvalue weighted by atomic mass is 9.99. The molecule has 14 heavy (non-hydrogen) atoms. The van der Waals surface area contributed by atoms with Crippen LogP contribution in [0.4, 0.5) is 0 Å². The van der Waals surface area contributed by atoms with Crippen molar-refractivity contribution in [2.45, 2.75) is 38.2 Å². The van der Waals surface area contributed by atoms with Gasteiger partial charge in [-0.2, -0.15) is 0 Å². The first-order chi connectivity index (χ1) is 6.63. The molecule has 0 atom stereocenters. The van der Waals surface area contributed by atoms with E-state index in [4.69, 9.17) is 11.6 Å². The second-order valence-corrected chi connectivity index (χ2v) is 4.60. The minimum Gasteiger partial charge on any atom is -0.390 e. The summed E-state index contributed by atoms with van der Waals surface area (Å²) >= 11 is 5.94. The second kappa shape index (κ2) is 3.56. The maximum absolute atomic E-state index is 9.85. The molecule has 0 aromatic heterocycles. The zero-order valence-electron chi connectivity index (χ0n) is 8.39. The maximum atomic E-state index is 9.85. The van der Waals surface area contributed by atoms with E-state index in [-0.39, 0.29) is 0 Å². The van der Waals surface area contributed by atoms with Gasteiger partial charge in [0, 0.05) is 11.4 Å². The molecule has 1 N–H and O–H groups in total. The van der Waals surface area contributed by atoms with Gasteiger partial charge in [-0.05, 0) is 42.5 Å². The van der Waals surface area contributed by atoms with E-state index < -0.39 is 5.60 Å². The van der Waals surface area contributed by atoms with Crippen LogP contribution in [0.25, 0.3) is 0 Å². The third kappa shape index (κ3) is 2.10. The van der Waals surface area contributed by atoms with Gasteiger partial charge in [-0.25, -0.2) is 0 Å². The summed E-state index contributed by atoms with van der Waals surface area (Å²) in [7, 11) is 0. The third-order valence-corrected chi connectivity index (χ3v) is 3.13. The summed E-state index contributed by atoms with van der Waals surface area (Å²) in [5.74, 6) is 0. The lowest BCUT2D eigenvalue weighted by Crippen LogP contribution is -2.12. The fourth-order valence-corrected chi connectivity index (χ4v) is 1.97. The summed E-state index contributed by atoms with van der Waals surface area (Å²) in [6.07, 6.45) is 3.63.